The summed E-state index contributed by atoms with van der Waals surface area (Å²) in [6.45, 7) is 16.0. The van der Waals surface area contributed by atoms with E-state index in [-0.39, 0.29) is 10.8 Å². The van der Waals surface area contributed by atoms with Gasteiger partial charge in [0.15, 0.2) is 0 Å². The molecule has 2 spiro atoms. The molecule has 384 valence electrons. The zero-order valence-corrected chi connectivity index (χ0v) is 43.3. The maximum absolute atomic E-state index is 6.39. The van der Waals surface area contributed by atoms with Crippen LogP contribution in [0.3, 0.4) is 0 Å². The largest absolute Gasteiger partial charge is 0.383 e. The molecule has 14 rings (SSSR count). The van der Waals surface area contributed by atoms with Gasteiger partial charge in [-0.3, -0.25) is 29.9 Å². The molecule has 0 unspecified atom stereocenters. The van der Waals surface area contributed by atoms with Crippen molar-refractivity contribution in [2.45, 2.75) is 50.4 Å². The van der Waals surface area contributed by atoms with E-state index in [1.54, 1.807) is 18.6 Å². The van der Waals surface area contributed by atoms with Crippen molar-refractivity contribution >= 4 is 61.8 Å². The zero-order chi connectivity index (χ0) is 50.8. The van der Waals surface area contributed by atoms with Gasteiger partial charge >= 0.3 is 0 Å². The van der Waals surface area contributed by atoms with Crippen molar-refractivity contribution in [1.82, 2.24) is 39.9 Å². The molecule has 8 aromatic rings. The van der Waals surface area contributed by atoms with Gasteiger partial charge < -0.3 is 39.0 Å². The van der Waals surface area contributed by atoms with Gasteiger partial charge in [0, 0.05) is 118 Å². The minimum atomic E-state index is -0.0304. The molecule has 0 aromatic carbocycles. The molecule has 4 fully saturated rings. The number of nitrogens with zero attached hydrogens (tertiary/aromatic N) is 11. The van der Waals surface area contributed by atoms with Crippen LogP contribution in [0.1, 0.15) is 48.2 Å². The first-order chi connectivity index (χ1) is 36.9. The number of hydrogen-bond donors (Lipinski definition) is 1. The van der Waals surface area contributed by atoms with Crippen molar-refractivity contribution in [1.29, 1.82) is 0 Å². The molecular weight excluding hydrogens is 964 g/mol. The molecular formula is C58H61ClN12O4. The van der Waals surface area contributed by atoms with Crippen LogP contribution in [-0.4, -0.2) is 132 Å². The van der Waals surface area contributed by atoms with Gasteiger partial charge in [0.2, 0.25) is 0 Å². The molecule has 0 saturated carbocycles. The van der Waals surface area contributed by atoms with Crippen molar-refractivity contribution in [2.75, 3.05) is 112 Å². The Morgan fingerprint density at radius 3 is 1.68 bits per heavy atom. The topological polar surface area (TPSA) is 162 Å². The summed E-state index contributed by atoms with van der Waals surface area (Å²) in [4.78, 5) is 44.2. The summed E-state index contributed by atoms with van der Waals surface area (Å²) in [6, 6.07) is 20.3. The Kier molecular flexibility index (Phi) is 13.9. The van der Waals surface area contributed by atoms with Crippen LogP contribution in [0.2, 0.25) is 5.02 Å². The Morgan fingerprint density at radius 1 is 0.547 bits per heavy atom. The van der Waals surface area contributed by atoms with E-state index >= 15 is 0 Å². The Labute approximate surface area is 441 Å². The SMILES string of the molecule is Cc1c(-c2ccccn2)nc2cnccc2c1Cl.Cc1c(-c2ccccn2)nc2cnccc2c1N1CC2(CCOCC2)c2ncc(N3CCOCC3)cc21.c1nc2c(cc1N1CCOCC1)NCC21CCOCC1. The molecule has 0 bridgehead atoms. The second-order valence-electron chi connectivity index (χ2n) is 20.1. The second-order valence-corrected chi connectivity index (χ2v) is 20.5. The number of ether oxygens (including phenoxy) is 4. The third-order valence-corrected chi connectivity index (χ3v) is 16.3. The predicted molar refractivity (Wildman–Crippen MR) is 294 cm³/mol. The van der Waals surface area contributed by atoms with Gasteiger partial charge in [-0.25, -0.2) is 9.97 Å². The third-order valence-electron chi connectivity index (χ3n) is 15.8. The van der Waals surface area contributed by atoms with Gasteiger partial charge in [-0.2, -0.15) is 0 Å². The summed E-state index contributed by atoms with van der Waals surface area (Å²) < 4.78 is 22.3. The third kappa shape index (κ3) is 9.58. The fourth-order valence-corrected chi connectivity index (χ4v) is 11.9. The molecule has 6 aliphatic rings. The van der Waals surface area contributed by atoms with Crippen molar-refractivity contribution in [2.24, 2.45) is 0 Å². The van der Waals surface area contributed by atoms with Crippen LogP contribution < -0.4 is 20.0 Å². The lowest BCUT2D eigenvalue weighted by Crippen LogP contribution is -2.38. The van der Waals surface area contributed by atoms with Crippen LogP contribution in [0, 0.1) is 13.8 Å². The van der Waals surface area contributed by atoms with E-state index in [0.717, 1.165) is 179 Å². The predicted octanol–water partition coefficient (Wildman–Crippen LogP) is 9.48. The first kappa shape index (κ1) is 49.0. The van der Waals surface area contributed by atoms with E-state index in [2.05, 4.69) is 76.3 Å². The molecule has 17 heteroatoms. The molecule has 16 nitrogen and oxygen atoms in total. The number of anilines is 5. The number of hydrogen-bond acceptors (Lipinski definition) is 16. The first-order valence-electron chi connectivity index (χ1n) is 26.2. The van der Waals surface area contributed by atoms with Gasteiger partial charge in [0.05, 0.1) is 130 Å². The van der Waals surface area contributed by atoms with Crippen molar-refractivity contribution in [3.63, 3.8) is 0 Å². The van der Waals surface area contributed by atoms with E-state index in [1.165, 1.54) is 34.1 Å². The minimum Gasteiger partial charge on any atom is -0.383 e. The van der Waals surface area contributed by atoms with Crippen LogP contribution in [0.25, 0.3) is 44.6 Å². The highest BCUT2D eigenvalue weighted by molar-refractivity contribution is 6.36. The van der Waals surface area contributed by atoms with E-state index in [9.17, 15) is 0 Å². The number of morpholine rings is 2. The monoisotopic (exact) mass is 1020 g/mol. The summed E-state index contributed by atoms with van der Waals surface area (Å²) in [5.74, 6) is 0. The quantitative estimate of drug-likeness (QED) is 0.173. The molecule has 14 heterocycles. The lowest BCUT2D eigenvalue weighted by atomic mass is 9.78. The van der Waals surface area contributed by atoms with Crippen LogP contribution in [0.5, 0.6) is 0 Å². The summed E-state index contributed by atoms with van der Waals surface area (Å²) in [7, 11) is 0. The number of fused-ring (bicyclic) bond motifs is 6. The fraction of sp³-hybridized carbons (Fsp3) is 0.379. The highest BCUT2D eigenvalue weighted by Crippen LogP contribution is 2.52. The summed E-state index contributed by atoms with van der Waals surface area (Å²) in [5.41, 5.74) is 15.6. The number of pyridine rings is 8. The van der Waals surface area contributed by atoms with E-state index in [0.29, 0.717) is 5.02 Å². The number of rotatable bonds is 5. The molecule has 1 N–H and O–H groups in total. The molecule has 0 amide bonds. The Balaban J connectivity index is 0.000000126. The smallest absolute Gasteiger partial charge is 0.0944 e. The Bertz CT molecular complexity index is 3310. The standard InChI is InChI=1S/C29H30N6O2.C15H21N3O2.C14H10ClN3/c1-20-26(23-4-2-3-8-31-23)33-24-18-30-9-5-22(24)27(20)35-19-29(6-12-36-13-7-29)28-25(35)16-21(17-32-28)34-10-14-37-15-11-34;1-5-19-6-2-15(1)11-17-13-9-12(10-16-14(13)15)18-3-7-20-8-4-18;1-9-13(15)10-5-7-16-8-12(10)18-14(9)11-4-2-3-6-17-11/h2-5,8-9,16-18H,6-7,10-15,19H2,1H3;9-10,17H,1-8,11H2;2-8H,1H3. The van der Waals surface area contributed by atoms with Gasteiger partial charge in [-0.1, -0.05) is 23.7 Å². The van der Waals surface area contributed by atoms with Crippen molar-refractivity contribution in [3.8, 4) is 22.8 Å². The molecule has 0 radical (unpaired) electrons. The van der Waals surface area contributed by atoms with Crippen LogP contribution >= 0.6 is 11.6 Å². The van der Waals surface area contributed by atoms with Gasteiger partial charge in [-0.05, 0) is 93.6 Å². The number of aromatic nitrogens is 8. The fourth-order valence-electron chi connectivity index (χ4n) is 11.6. The maximum Gasteiger partial charge on any atom is 0.0944 e. The highest BCUT2D eigenvalue weighted by Gasteiger charge is 2.47. The summed E-state index contributed by atoms with van der Waals surface area (Å²) >= 11 is 6.39. The van der Waals surface area contributed by atoms with E-state index in [1.807, 2.05) is 74.2 Å². The Hall–Kier alpha value is -6.95. The number of halogens is 1. The van der Waals surface area contributed by atoms with Crippen LogP contribution in [0.4, 0.5) is 28.4 Å². The lowest BCUT2D eigenvalue weighted by Gasteiger charge is -2.34. The van der Waals surface area contributed by atoms with Crippen molar-refractivity contribution in [3.05, 3.63) is 138 Å². The maximum atomic E-state index is 6.39. The zero-order valence-electron chi connectivity index (χ0n) is 42.6. The summed E-state index contributed by atoms with van der Waals surface area (Å²) in [6.07, 6.45) is 18.9. The average molecular weight is 1030 g/mol. The number of nitrogens with one attached hydrogen (secondary N) is 1. The van der Waals surface area contributed by atoms with Crippen molar-refractivity contribution < 1.29 is 18.9 Å². The van der Waals surface area contributed by atoms with Crippen LogP contribution in [-0.2, 0) is 29.8 Å². The van der Waals surface area contributed by atoms with E-state index < -0.39 is 0 Å². The lowest BCUT2D eigenvalue weighted by molar-refractivity contribution is 0.0545. The average Bonchev–Trinajstić information content (AvgIpc) is 3.99. The molecule has 0 aliphatic carbocycles. The Morgan fingerprint density at radius 2 is 1.08 bits per heavy atom. The minimum absolute atomic E-state index is 0.0304. The van der Waals surface area contributed by atoms with Gasteiger partial charge in [-0.15, -0.1) is 0 Å². The molecule has 0 atom stereocenters. The highest BCUT2D eigenvalue weighted by atomic mass is 35.5. The van der Waals surface area contributed by atoms with Crippen LogP contribution in [0.15, 0.2) is 110 Å². The normalized spacial score (nSPS) is 18.5. The van der Waals surface area contributed by atoms with Gasteiger partial charge in [0.1, 0.15) is 0 Å². The molecule has 75 heavy (non-hydrogen) atoms. The van der Waals surface area contributed by atoms with Gasteiger partial charge in [0.25, 0.3) is 0 Å². The molecule has 6 aliphatic heterocycles. The summed E-state index contributed by atoms with van der Waals surface area (Å²) in [5, 5.41) is 6.29. The molecule has 8 aromatic heterocycles. The first-order valence-corrected chi connectivity index (χ1v) is 26.6. The second kappa shape index (κ2) is 21.4. The van der Waals surface area contributed by atoms with E-state index in [4.69, 9.17) is 45.5 Å². The molecule has 4 saturated heterocycles.